The van der Waals surface area contributed by atoms with Crippen LogP contribution in [-0.2, 0) is 0 Å². The van der Waals surface area contributed by atoms with E-state index >= 15 is 0 Å². The molecule has 0 aliphatic heterocycles. The van der Waals surface area contributed by atoms with E-state index in [9.17, 15) is 9.59 Å². The molecule has 0 spiro atoms. The number of amides is 1. The minimum atomic E-state index is -0.681. The average Bonchev–Trinajstić information content (AvgIpc) is 3.02. The fraction of sp³-hybridized carbons (Fsp3) is 0.0952. The van der Waals surface area contributed by atoms with Crippen molar-refractivity contribution in [1.82, 2.24) is 4.98 Å². The number of hydrogen-bond donors (Lipinski definition) is 1. The number of nitrogens with one attached hydrogen (secondary N) is 1. The molecule has 5 nitrogen and oxygen atoms in total. The highest BCUT2D eigenvalue weighted by atomic mass is 79.9. The zero-order valence-corrected chi connectivity index (χ0v) is 17.5. The molecule has 0 atom stereocenters. The van der Waals surface area contributed by atoms with Crippen molar-refractivity contribution in [3.05, 3.63) is 79.4 Å². The lowest BCUT2D eigenvalue weighted by Gasteiger charge is -2.03. The molecular formula is C21H15BrN2O3S. The number of thiazole rings is 1. The van der Waals surface area contributed by atoms with Crippen LogP contribution in [0.2, 0.25) is 0 Å². The summed E-state index contributed by atoms with van der Waals surface area (Å²) in [5.41, 5.74) is 2.65. The molecule has 0 aliphatic carbocycles. The molecule has 1 amide bonds. The van der Waals surface area contributed by atoms with Gasteiger partial charge < -0.3 is 4.42 Å². The molecular weight excluding hydrogens is 440 g/mol. The highest BCUT2D eigenvalue weighted by Gasteiger charge is 2.17. The van der Waals surface area contributed by atoms with Gasteiger partial charge in [-0.3, -0.25) is 10.1 Å². The normalized spacial score (nSPS) is 11.0. The van der Waals surface area contributed by atoms with Crippen LogP contribution in [0.5, 0.6) is 0 Å². The van der Waals surface area contributed by atoms with Crippen LogP contribution in [0.1, 0.15) is 20.8 Å². The van der Waals surface area contributed by atoms with Crippen molar-refractivity contribution in [3.8, 4) is 11.3 Å². The standard InChI is InChI=1S/C21H15BrN2O3S/c1-11-3-5-13(6-4-11)18-12(2)28-21(23-18)24-19(25)16-10-14-9-15(22)7-8-17(14)27-20(16)26/h3-10H,1-2H3,(H,23,24,25). The van der Waals surface area contributed by atoms with Crippen LogP contribution in [0.4, 0.5) is 5.13 Å². The van der Waals surface area contributed by atoms with Crippen molar-refractivity contribution >= 4 is 49.3 Å². The monoisotopic (exact) mass is 454 g/mol. The van der Waals surface area contributed by atoms with Gasteiger partial charge in [-0.05, 0) is 38.1 Å². The molecule has 4 rings (SSSR count). The third kappa shape index (κ3) is 3.63. The maximum Gasteiger partial charge on any atom is 0.349 e. The first-order valence-corrected chi connectivity index (χ1v) is 10.1. The molecule has 2 aromatic carbocycles. The predicted molar refractivity (Wildman–Crippen MR) is 115 cm³/mol. The van der Waals surface area contributed by atoms with E-state index in [2.05, 4.69) is 26.2 Å². The van der Waals surface area contributed by atoms with E-state index in [-0.39, 0.29) is 5.56 Å². The Labute approximate surface area is 173 Å². The first-order chi connectivity index (χ1) is 13.4. The summed E-state index contributed by atoms with van der Waals surface area (Å²) in [4.78, 5) is 30.4. The van der Waals surface area contributed by atoms with Crippen LogP contribution in [-0.4, -0.2) is 10.9 Å². The van der Waals surface area contributed by atoms with Crippen molar-refractivity contribution in [2.45, 2.75) is 13.8 Å². The zero-order valence-electron chi connectivity index (χ0n) is 15.1. The Morgan fingerprint density at radius 3 is 2.61 bits per heavy atom. The van der Waals surface area contributed by atoms with Gasteiger partial charge in [0, 0.05) is 20.3 Å². The van der Waals surface area contributed by atoms with Gasteiger partial charge in [0.1, 0.15) is 11.1 Å². The van der Waals surface area contributed by atoms with Gasteiger partial charge >= 0.3 is 5.63 Å². The molecule has 2 aromatic heterocycles. The number of carbonyl (C=O) groups is 1. The molecule has 28 heavy (non-hydrogen) atoms. The summed E-state index contributed by atoms with van der Waals surface area (Å²) >= 11 is 4.74. The van der Waals surface area contributed by atoms with Crippen LogP contribution >= 0.6 is 27.3 Å². The second kappa shape index (κ2) is 7.33. The van der Waals surface area contributed by atoms with Crippen molar-refractivity contribution < 1.29 is 9.21 Å². The number of carbonyl (C=O) groups excluding carboxylic acids is 1. The molecule has 0 radical (unpaired) electrons. The summed E-state index contributed by atoms with van der Waals surface area (Å²) in [5.74, 6) is -0.542. The van der Waals surface area contributed by atoms with Gasteiger partial charge in [0.2, 0.25) is 0 Å². The Kier molecular flexibility index (Phi) is 4.87. The topological polar surface area (TPSA) is 72.2 Å². The predicted octanol–water partition coefficient (Wildman–Crippen LogP) is 5.55. The molecule has 4 aromatic rings. The fourth-order valence-electron chi connectivity index (χ4n) is 2.85. The van der Waals surface area contributed by atoms with E-state index in [4.69, 9.17) is 4.42 Å². The molecule has 7 heteroatoms. The summed E-state index contributed by atoms with van der Waals surface area (Å²) in [6.45, 7) is 3.97. The first kappa shape index (κ1) is 18.6. The number of aromatic nitrogens is 1. The second-order valence-electron chi connectivity index (χ2n) is 6.37. The van der Waals surface area contributed by atoms with Gasteiger partial charge in [-0.15, -0.1) is 11.3 Å². The smallest absolute Gasteiger partial charge is 0.349 e. The van der Waals surface area contributed by atoms with E-state index in [1.54, 1.807) is 18.2 Å². The lowest BCUT2D eigenvalue weighted by molar-refractivity contribution is 0.102. The van der Waals surface area contributed by atoms with Gasteiger partial charge in [-0.1, -0.05) is 45.8 Å². The zero-order chi connectivity index (χ0) is 19.8. The number of anilines is 1. The fourth-order valence-corrected chi connectivity index (χ4v) is 4.06. The third-order valence-electron chi connectivity index (χ3n) is 4.28. The molecule has 1 N–H and O–H groups in total. The van der Waals surface area contributed by atoms with Gasteiger partial charge in [0.05, 0.1) is 5.69 Å². The largest absolute Gasteiger partial charge is 0.422 e. The summed E-state index contributed by atoms with van der Waals surface area (Å²) in [6, 6.07) is 14.8. The number of nitrogens with zero attached hydrogens (tertiary/aromatic N) is 1. The minimum absolute atomic E-state index is 0.0599. The number of benzene rings is 2. The summed E-state index contributed by atoms with van der Waals surface area (Å²) in [5, 5.41) is 3.82. The van der Waals surface area contributed by atoms with E-state index < -0.39 is 11.5 Å². The first-order valence-electron chi connectivity index (χ1n) is 8.50. The van der Waals surface area contributed by atoms with E-state index in [0.29, 0.717) is 16.1 Å². The van der Waals surface area contributed by atoms with Crippen molar-refractivity contribution in [2.75, 3.05) is 5.32 Å². The van der Waals surface area contributed by atoms with Crippen LogP contribution in [0.25, 0.3) is 22.2 Å². The highest BCUT2D eigenvalue weighted by molar-refractivity contribution is 9.10. The van der Waals surface area contributed by atoms with Crippen molar-refractivity contribution in [2.24, 2.45) is 0 Å². The van der Waals surface area contributed by atoms with E-state index in [1.807, 2.05) is 38.1 Å². The maximum atomic E-state index is 12.6. The Hall–Kier alpha value is -2.77. The number of halogens is 1. The molecule has 2 heterocycles. The molecule has 0 unspecified atom stereocenters. The molecule has 0 fully saturated rings. The number of aryl methyl sites for hydroxylation is 2. The van der Waals surface area contributed by atoms with Crippen LogP contribution in [0, 0.1) is 13.8 Å². The van der Waals surface area contributed by atoms with E-state index in [1.165, 1.54) is 23.0 Å². The van der Waals surface area contributed by atoms with Crippen molar-refractivity contribution in [3.63, 3.8) is 0 Å². The number of hydrogen-bond acceptors (Lipinski definition) is 5. The average molecular weight is 455 g/mol. The van der Waals surface area contributed by atoms with Crippen molar-refractivity contribution in [1.29, 1.82) is 0 Å². The maximum absolute atomic E-state index is 12.6. The van der Waals surface area contributed by atoms with Crippen LogP contribution in [0.15, 0.2) is 62.2 Å². The Morgan fingerprint density at radius 1 is 1.11 bits per heavy atom. The molecule has 0 bridgehead atoms. The van der Waals surface area contributed by atoms with Gasteiger partial charge in [0.25, 0.3) is 5.91 Å². The quantitative estimate of drug-likeness (QED) is 0.412. The molecule has 0 saturated carbocycles. The third-order valence-corrected chi connectivity index (χ3v) is 5.66. The summed E-state index contributed by atoms with van der Waals surface area (Å²) < 4.78 is 6.09. The molecule has 140 valence electrons. The lowest BCUT2D eigenvalue weighted by atomic mass is 10.1. The number of fused-ring (bicyclic) bond motifs is 1. The summed E-state index contributed by atoms with van der Waals surface area (Å²) in [7, 11) is 0. The van der Waals surface area contributed by atoms with Gasteiger partial charge in [-0.25, -0.2) is 9.78 Å². The minimum Gasteiger partial charge on any atom is -0.422 e. The SMILES string of the molecule is Cc1ccc(-c2nc(NC(=O)c3cc4cc(Br)ccc4oc3=O)sc2C)cc1. The van der Waals surface area contributed by atoms with E-state index in [0.717, 1.165) is 20.6 Å². The lowest BCUT2D eigenvalue weighted by Crippen LogP contribution is -2.20. The molecule has 0 saturated heterocycles. The molecule has 0 aliphatic rings. The van der Waals surface area contributed by atoms with Crippen LogP contribution in [0.3, 0.4) is 0 Å². The second-order valence-corrected chi connectivity index (χ2v) is 8.49. The number of rotatable bonds is 3. The summed E-state index contributed by atoms with van der Waals surface area (Å²) in [6.07, 6.45) is 0. The Bertz CT molecular complexity index is 1260. The highest BCUT2D eigenvalue weighted by Crippen LogP contribution is 2.30. The van der Waals surface area contributed by atoms with Gasteiger partial charge in [-0.2, -0.15) is 0 Å². The van der Waals surface area contributed by atoms with Gasteiger partial charge in [0.15, 0.2) is 5.13 Å². The van der Waals surface area contributed by atoms with Crippen LogP contribution < -0.4 is 10.9 Å². The Balaban J connectivity index is 1.65. The Morgan fingerprint density at radius 2 is 1.86 bits per heavy atom.